The number of hydrogen-bond donors (Lipinski definition) is 2. The number of hydrogen-bond acceptors (Lipinski definition) is 2. The third kappa shape index (κ3) is 4.89. The molecule has 0 amide bonds. The minimum absolute atomic E-state index is 0.510. The maximum absolute atomic E-state index is 5.13. The van der Waals surface area contributed by atoms with E-state index in [2.05, 4.69) is 15.8 Å². The standard InChI is InChI=1S/C15H15N3S/c19-15(16-11-13-7-3-1-4-8-13)18-17-12-14-9-5-2-6-10-14/h1-10,12H,11H2,(H2,16,18,19)/b17-12+. The molecule has 0 spiro atoms. The van der Waals surface area contributed by atoms with Crippen LogP contribution < -0.4 is 10.7 Å². The number of hydrazone groups is 1. The Labute approximate surface area is 118 Å². The van der Waals surface area contributed by atoms with E-state index >= 15 is 0 Å². The normalized spacial score (nSPS) is 10.3. The topological polar surface area (TPSA) is 36.4 Å². The zero-order chi connectivity index (χ0) is 13.3. The van der Waals surface area contributed by atoms with Gasteiger partial charge in [-0.05, 0) is 23.3 Å². The molecule has 0 aliphatic heterocycles. The molecule has 0 atom stereocenters. The number of nitrogens with one attached hydrogen (secondary N) is 2. The van der Waals surface area contributed by atoms with Gasteiger partial charge in [-0.15, -0.1) is 0 Å². The summed E-state index contributed by atoms with van der Waals surface area (Å²) >= 11 is 5.13. The Kier molecular flexibility index (Phi) is 5.07. The number of thiocarbonyl (C=S) groups is 1. The van der Waals surface area contributed by atoms with E-state index in [1.165, 1.54) is 5.56 Å². The van der Waals surface area contributed by atoms with Crippen molar-refractivity contribution in [1.29, 1.82) is 0 Å². The highest BCUT2D eigenvalue weighted by atomic mass is 32.1. The Bertz CT molecular complexity index is 538. The molecule has 2 aromatic rings. The van der Waals surface area contributed by atoms with Crippen molar-refractivity contribution in [3.63, 3.8) is 0 Å². The lowest BCUT2D eigenvalue weighted by Gasteiger charge is -2.06. The first-order valence-corrected chi connectivity index (χ1v) is 6.41. The van der Waals surface area contributed by atoms with Crippen LogP contribution in [0.3, 0.4) is 0 Å². The molecule has 4 heteroatoms. The molecule has 2 aromatic carbocycles. The molecule has 0 heterocycles. The molecule has 0 saturated heterocycles. The average Bonchev–Trinajstić information content (AvgIpc) is 2.47. The first-order chi connectivity index (χ1) is 9.34. The SMILES string of the molecule is S=C(NCc1ccccc1)N/N=C/c1ccccc1. The van der Waals surface area contributed by atoms with Gasteiger partial charge in [-0.1, -0.05) is 60.7 Å². The molecule has 3 nitrogen and oxygen atoms in total. The summed E-state index contributed by atoms with van der Waals surface area (Å²) in [6.45, 7) is 0.688. The molecule has 0 fully saturated rings. The van der Waals surface area contributed by atoms with Crippen LogP contribution in [0.5, 0.6) is 0 Å². The van der Waals surface area contributed by atoms with Crippen LogP contribution in [-0.4, -0.2) is 11.3 Å². The predicted octanol–water partition coefficient (Wildman–Crippen LogP) is 2.68. The Morgan fingerprint density at radius 1 is 1.00 bits per heavy atom. The molecule has 96 valence electrons. The minimum Gasteiger partial charge on any atom is -0.357 e. The zero-order valence-electron chi connectivity index (χ0n) is 10.4. The van der Waals surface area contributed by atoms with Crippen molar-refractivity contribution < 1.29 is 0 Å². The van der Waals surface area contributed by atoms with Gasteiger partial charge < -0.3 is 5.32 Å². The van der Waals surface area contributed by atoms with Gasteiger partial charge in [0.2, 0.25) is 0 Å². The van der Waals surface area contributed by atoms with Crippen LogP contribution >= 0.6 is 12.2 Å². The molecule has 2 N–H and O–H groups in total. The van der Waals surface area contributed by atoms with E-state index in [0.29, 0.717) is 11.7 Å². The maximum atomic E-state index is 5.13. The summed E-state index contributed by atoms with van der Waals surface area (Å²) in [6.07, 6.45) is 1.73. The van der Waals surface area contributed by atoms with E-state index in [1.807, 2.05) is 60.7 Å². The first-order valence-electron chi connectivity index (χ1n) is 6.00. The fraction of sp³-hybridized carbons (Fsp3) is 0.0667. The molecule has 2 rings (SSSR count). The van der Waals surface area contributed by atoms with Crippen LogP contribution in [0.4, 0.5) is 0 Å². The summed E-state index contributed by atoms with van der Waals surface area (Å²) in [5.41, 5.74) is 5.00. The second-order valence-corrected chi connectivity index (χ2v) is 4.36. The maximum Gasteiger partial charge on any atom is 0.187 e. The Balaban J connectivity index is 1.75. The van der Waals surface area contributed by atoms with Gasteiger partial charge in [0.05, 0.1) is 6.21 Å². The van der Waals surface area contributed by atoms with Crippen molar-refractivity contribution in [2.75, 3.05) is 0 Å². The highest BCUT2D eigenvalue weighted by Crippen LogP contribution is 1.97. The molecule has 0 aliphatic carbocycles. The van der Waals surface area contributed by atoms with Crippen molar-refractivity contribution in [1.82, 2.24) is 10.7 Å². The van der Waals surface area contributed by atoms with E-state index < -0.39 is 0 Å². The van der Waals surface area contributed by atoms with Gasteiger partial charge in [0, 0.05) is 6.54 Å². The summed E-state index contributed by atoms with van der Waals surface area (Å²) in [5.74, 6) is 0. The van der Waals surface area contributed by atoms with Crippen LogP contribution in [0.2, 0.25) is 0 Å². The zero-order valence-corrected chi connectivity index (χ0v) is 11.2. The molecule has 0 aliphatic rings. The molecule has 0 unspecified atom stereocenters. The molecular weight excluding hydrogens is 254 g/mol. The summed E-state index contributed by atoms with van der Waals surface area (Å²) in [4.78, 5) is 0. The summed E-state index contributed by atoms with van der Waals surface area (Å²) < 4.78 is 0. The molecular formula is C15H15N3S. The predicted molar refractivity (Wildman–Crippen MR) is 83.1 cm³/mol. The number of nitrogens with zero attached hydrogens (tertiary/aromatic N) is 1. The lowest BCUT2D eigenvalue weighted by molar-refractivity contribution is 0.869. The van der Waals surface area contributed by atoms with Gasteiger partial charge in [-0.25, -0.2) is 0 Å². The van der Waals surface area contributed by atoms with Crippen molar-refractivity contribution in [3.05, 3.63) is 71.8 Å². The molecule has 0 saturated carbocycles. The van der Waals surface area contributed by atoms with Crippen LogP contribution in [0.15, 0.2) is 65.8 Å². The highest BCUT2D eigenvalue weighted by Gasteiger charge is 1.93. The second-order valence-electron chi connectivity index (χ2n) is 3.95. The average molecular weight is 269 g/mol. The van der Waals surface area contributed by atoms with Crippen molar-refractivity contribution in [3.8, 4) is 0 Å². The minimum atomic E-state index is 0.510. The van der Waals surface area contributed by atoms with Gasteiger partial charge in [-0.2, -0.15) is 5.10 Å². The second kappa shape index (κ2) is 7.28. The smallest absolute Gasteiger partial charge is 0.187 e. The van der Waals surface area contributed by atoms with Gasteiger partial charge in [0.15, 0.2) is 5.11 Å². The van der Waals surface area contributed by atoms with Crippen LogP contribution in [0.1, 0.15) is 11.1 Å². The first kappa shape index (κ1) is 13.2. The third-order valence-corrected chi connectivity index (χ3v) is 2.71. The third-order valence-electron chi connectivity index (χ3n) is 2.48. The fourth-order valence-electron chi connectivity index (χ4n) is 1.52. The monoisotopic (exact) mass is 269 g/mol. The summed E-state index contributed by atoms with van der Waals surface area (Å²) in [6, 6.07) is 19.9. The van der Waals surface area contributed by atoms with Crippen molar-refractivity contribution in [2.45, 2.75) is 6.54 Å². The van der Waals surface area contributed by atoms with Gasteiger partial charge in [0.1, 0.15) is 0 Å². The fourth-order valence-corrected chi connectivity index (χ4v) is 1.65. The summed E-state index contributed by atoms with van der Waals surface area (Å²) in [5, 5.41) is 7.68. The van der Waals surface area contributed by atoms with Crippen molar-refractivity contribution >= 4 is 23.5 Å². The van der Waals surface area contributed by atoms with Gasteiger partial charge in [-0.3, -0.25) is 5.43 Å². The lowest BCUT2D eigenvalue weighted by atomic mass is 10.2. The van der Waals surface area contributed by atoms with E-state index in [1.54, 1.807) is 6.21 Å². The Morgan fingerprint density at radius 3 is 2.32 bits per heavy atom. The molecule has 0 bridgehead atoms. The largest absolute Gasteiger partial charge is 0.357 e. The van der Waals surface area contributed by atoms with Crippen LogP contribution in [0.25, 0.3) is 0 Å². The Morgan fingerprint density at radius 2 is 1.63 bits per heavy atom. The quantitative estimate of drug-likeness (QED) is 0.509. The van der Waals surface area contributed by atoms with E-state index in [-0.39, 0.29) is 0 Å². The van der Waals surface area contributed by atoms with E-state index in [0.717, 1.165) is 5.56 Å². The van der Waals surface area contributed by atoms with Crippen LogP contribution in [0, 0.1) is 0 Å². The summed E-state index contributed by atoms with van der Waals surface area (Å²) in [7, 11) is 0. The molecule has 0 aromatic heterocycles. The van der Waals surface area contributed by atoms with E-state index in [9.17, 15) is 0 Å². The molecule has 0 radical (unpaired) electrons. The highest BCUT2D eigenvalue weighted by molar-refractivity contribution is 7.80. The number of benzene rings is 2. The van der Waals surface area contributed by atoms with Gasteiger partial charge in [0.25, 0.3) is 0 Å². The van der Waals surface area contributed by atoms with E-state index in [4.69, 9.17) is 12.2 Å². The Hall–Kier alpha value is -2.20. The molecule has 19 heavy (non-hydrogen) atoms. The van der Waals surface area contributed by atoms with Crippen LogP contribution in [-0.2, 0) is 6.54 Å². The van der Waals surface area contributed by atoms with Crippen molar-refractivity contribution in [2.24, 2.45) is 5.10 Å². The van der Waals surface area contributed by atoms with Gasteiger partial charge >= 0.3 is 0 Å². The lowest BCUT2D eigenvalue weighted by Crippen LogP contribution is -2.31. The number of rotatable bonds is 4.